The Bertz CT molecular complexity index is 299. The minimum absolute atomic E-state index is 0.244. The summed E-state index contributed by atoms with van der Waals surface area (Å²) in [6.45, 7) is 4.65. The molecule has 0 aliphatic carbocycles. The second-order valence-corrected chi connectivity index (χ2v) is 4.40. The fraction of sp³-hybridized carbons (Fsp3) is 0.455. The Hall–Kier alpha value is -0.540. The Morgan fingerprint density at radius 3 is 2.79 bits per heavy atom. The maximum absolute atomic E-state index is 9.09. The first kappa shape index (κ1) is 11.5. The van der Waals surface area contributed by atoms with Crippen molar-refractivity contribution in [3.8, 4) is 0 Å². The second-order valence-electron chi connectivity index (χ2n) is 3.55. The molecule has 0 radical (unpaired) electrons. The first-order valence-electron chi connectivity index (χ1n) is 4.77. The molecule has 3 heteroatoms. The molecule has 0 heterocycles. The van der Waals surface area contributed by atoms with Gasteiger partial charge in [0.25, 0.3) is 0 Å². The predicted molar refractivity (Wildman–Crippen MR) is 63.7 cm³/mol. The molecule has 1 unspecified atom stereocenters. The minimum Gasteiger partial charge on any atom is -0.393 e. The number of hydrogen-bond donors (Lipinski definition) is 2. The number of nitrogens with one attached hydrogen (secondary N) is 1. The monoisotopic (exact) mass is 257 g/mol. The highest BCUT2D eigenvalue weighted by Crippen LogP contribution is 2.23. The molecular formula is C11H16BrNO. The van der Waals surface area contributed by atoms with E-state index in [1.807, 2.05) is 6.07 Å². The molecule has 0 saturated carbocycles. The number of anilines is 1. The average molecular weight is 258 g/mol. The summed E-state index contributed by atoms with van der Waals surface area (Å²) in [4.78, 5) is 0. The molecular weight excluding hydrogens is 242 g/mol. The van der Waals surface area contributed by atoms with Gasteiger partial charge in [0.2, 0.25) is 0 Å². The van der Waals surface area contributed by atoms with Crippen LogP contribution in [0.1, 0.15) is 18.9 Å². The Kier molecular flexibility index (Phi) is 4.42. The Balaban J connectivity index is 2.51. The quantitative estimate of drug-likeness (QED) is 0.870. The summed E-state index contributed by atoms with van der Waals surface area (Å²) in [5, 5.41) is 12.4. The summed E-state index contributed by atoms with van der Waals surface area (Å²) in [7, 11) is 0. The number of hydrogen-bond acceptors (Lipinski definition) is 2. The zero-order valence-electron chi connectivity index (χ0n) is 8.55. The topological polar surface area (TPSA) is 32.3 Å². The van der Waals surface area contributed by atoms with Crippen molar-refractivity contribution in [3.63, 3.8) is 0 Å². The molecule has 0 fully saturated rings. The molecule has 0 aliphatic heterocycles. The van der Waals surface area contributed by atoms with Gasteiger partial charge in [0.15, 0.2) is 0 Å². The molecule has 0 aliphatic rings. The van der Waals surface area contributed by atoms with Crippen molar-refractivity contribution in [2.45, 2.75) is 26.4 Å². The molecule has 1 aromatic carbocycles. The molecule has 1 atom stereocenters. The van der Waals surface area contributed by atoms with Gasteiger partial charge in [-0.05, 0) is 53.9 Å². The molecule has 2 nitrogen and oxygen atoms in total. The Labute approximate surface area is 93.5 Å². The summed E-state index contributed by atoms with van der Waals surface area (Å²) in [5.41, 5.74) is 2.31. The van der Waals surface area contributed by atoms with Gasteiger partial charge in [-0.25, -0.2) is 0 Å². The van der Waals surface area contributed by atoms with Gasteiger partial charge in [0.05, 0.1) is 6.10 Å². The van der Waals surface area contributed by atoms with Crippen LogP contribution in [0.4, 0.5) is 5.69 Å². The standard InChI is InChI=1S/C11H16BrNO/c1-8-3-4-11(10(12)7-8)13-6-5-9(2)14/h3-4,7,9,13-14H,5-6H2,1-2H3. The third-order valence-electron chi connectivity index (χ3n) is 2.00. The molecule has 0 spiro atoms. The van der Waals surface area contributed by atoms with Gasteiger partial charge in [-0.1, -0.05) is 6.07 Å². The number of benzene rings is 1. The van der Waals surface area contributed by atoms with Crippen molar-refractivity contribution in [1.82, 2.24) is 0 Å². The number of aryl methyl sites for hydroxylation is 1. The van der Waals surface area contributed by atoms with Crippen molar-refractivity contribution in [2.75, 3.05) is 11.9 Å². The fourth-order valence-corrected chi connectivity index (χ4v) is 1.81. The normalized spacial score (nSPS) is 12.6. The van der Waals surface area contributed by atoms with Gasteiger partial charge in [0.1, 0.15) is 0 Å². The lowest BCUT2D eigenvalue weighted by Crippen LogP contribution is -2.09. The number of aliphatic hydroxyl groups excluding tert-OH is 1. The maximum Gasteiger partial charge on any atom is 0.0528 e. The predicted octanol–water partition coefficient (Wildman–Crippen LogP) is 2.94. The number of aliphatic hydroxyl groups is 1. The highest BCUT2D eigenvalue weighted by molar-refractivity contribution is 9.10. The van der Waals surface area contributed by atoms with Crippen molar-refractivity contribution in [2.24, 2.45) is 0 Å². The molecule has 0 amide bonds. The minimum atomic E-state index is -0.244. The summed E-state index contributed by atoms with van der Waals surface area (Å²) < 4.78 is 1.07. The third-order valence-corrected chi connectivity index (χ3v) is 2.66. The fourth-order valence-electron chi connectivity index (χ4n) is 1.18. The molecule has 2 N–H and O–H groups in total. The molecule has 1 aromatic rings. The van der Waals surface area contributed by atoms with Gasteiger partial charge in [-0.3, -0.25) is 0 Å². The van der Waals surface area contributed by atoms with Crippen molar-refractivity contribution >= 4 is 21.6 Å². The maximum atomic E-state index is 9.09. The Morgan fingerprint density at radius 1 is 1.50 bits per heavy atom. The SMILES string of the molecule is Cc1ccc(NCCC(C)O)c(Br)c1. The van der Waals surface area contributed by atoms with E-state index in [1.165, 1.54) is 5.56 Å². The van der Waals surface area contributed by atoms with Gasteiger partial charge in [-0.15, -0.1) is 0 Å². The van der Waals surface area contributed by atoms with E-state index in [0.717, 1.165) is 23.1 Å². The van der Waals surface area contributed by atoms with E-state index in [1.54, 1.807) is 6.92 Å². The number of halogens is 1. The van der Waals surface area contributed by atoms with Gasteiger partial charge < -0.3 is 10.4 Å². The summed E-state index contributed by atoms with van der Waals surface area (Å²) >= 11 is 3.49. The summed E-state index contributed by atoms with van der Waals surface area (Å²) in [6, 6.07) is 6.18. The smallest absolute Gasteiger partial charge is 0.0528 e. The van der Waals surface area contributed by atoms with E-state index >= 15 is 0 Å². The van der Waals surface area contributed by atoms with Crippen LogP contribution in [0.5, 0.6) is 0 Å². The lowest BCUT2D eigenvalue weighted by molar-refractivity contribution is 0.189. The summed E-state index contributed by atoms with van der Waals surface area (Å²) in [5.74, 6) is 0. The summed E-state index contributed by atoms with van der Waals surface area (Å²) in [6.07, 6.45) is 0.520. The molecule has 14 heavy (non-hydrogen) atoms. The molecule has 1 rings (SSSR count). The van der Waals surface area contributed by atoms with Crippen LogP contribution in [-0.2, 0) is 0 Å². The van der Waals surface area contributed by atoms with E-state index in [0.29, 0.717) is 0 Å². The average Bonchev–Trinajstić information content (AvgIpc) is 2.08. The van der Waals surface area contributed by atoms with E-state index in [4.69, 9.17) is 5.11 Å². The Morgan fingerprint density at radius 2 is 2.21 bits per heavy atom. The van der Waals surface area contributed by atoms with Crippen molar-refractivity contribution in [3.05, 3.63) is 28.2 Å². The molecule has 0 saturated heterocycles. The zero-order valence-corrected chi connectivity index (χ0v) is 10.1. The zero-order chi connectivity index (χ0) is 10.6. The molecule has 0 aromatic heterocycles. The van der Waals surface area contributed by atoms with Crippen LogP contribution in [0.3, 0.4) is 0 Å². The van der Waals surface area contributed by atoms with Crippen LogP contribution in [0.25, 0.3) is 0 Å². The lowest BCUT2D eigenvalue weighted by atomic mass is 10.2. The van der Waals surface area contributed by atoms with E-state index in [-0.39, 0.29) is 6.10 Å². The van der Waals surface area contributed by atoms with Crippen molar-refractivity contribution < 1.29 is 5.11 Å². The second kappa shape index (κ2) is 5.37. The van der Waals surface area contributed by atoms with Crippen LogP contribution in [0, 0.1) is 6.92 Å². The lowest BCUT2D eigenvalue weighted by Gasteiger charge is -2.10. The highest BCUT2D eigenvalue weighted by atomic mass is 79.9. The largest absolute Gasteiger partial charge is 0.393 e. The van der Waals surface area contributed by atoms with E-state index in [9.17, 15) is 0 Å². The van der Waals surface area contributed by atoms with Gasteiger partial charge >= 0.3 is 0 Å². The first-order chi connectivity index (χ1) is 6.59. The van der Waals surface area contributed by atoms with Crippen LogP contribution < -0.4 is 5.32 Å². The highest BCUT2D eigenvalue weighted by Gasteiger charge is 2.00. The van der Waals surface area contributed by atoms with E-state index in [2.05, 4.69) is 40.3 Å². The van der Waals surface area contributed by atoms with Gasteiger partial charge in [-0.2, -0.15) is 0 Å². The van der Waals surface area contributed by atoms with Crippen LogP contribution in [0.2, 0.25) is 0 Å². The molecule has 78 valence electrons. The number of rotatable bonds is 4. The third kappa shape index (κ3) is 3.68. The first-order valence-corrected chi connectivity index (χ1v) is 5.57. The van der Waals surface area contributed by atoms with Gasteiger partial charge in [0, 0.05) is 16.7 Å². The van der Waals surface area contributed by atoms with E-state index < -0.39 is 0 Å². The van der Waals surface area contributed by atoms with Crippen LogP contribution in [-0.4, -0.2) is 17.8 Å². The van der Waals surface area contributed by atoms with Crippen LogP contribution >= 0.6 is 15.9 Å². The van der Waals surface area contributed by atoms with Crippen LogP contribution in [0.15, 0.2) is 22.7 Å². The molecule has 0 bridgehead atoms. The van der Waals surface area contributed by atoms with Crippen molar-refractivity contribution in [1.29, 1.82) is 0 Å².